The Morgan fingerprint density at radius 1 is 0.667 bits per heavy atom. The minimum Gasteiger partial charge on any atom is -0.497 e. The van der Waals surface area contributed by atoms with Crippen LogP contribution in [0.1, 0.15) is 26.3 Å². The third kappa shape index (κ3) is 7.11. The molecule has 1 unspecified atom stereocenters. The van der Waals surface area contributed by atoms with Crippen LogP contribution in [0.25, 0.3) is 0 Å². The molecule has 10 heteroatoms. The van der Waals surface area contributed by atoms with Crippen LogP contribution in [0.2, 0.25) is 0 Å². The maximum atomic E-state index is 14.1. The Morgan fingerprint density at radius 3 is 1.90 bits per heavy atom. The van der Waals surface area contributed by atoms with Gasteiger partial charge in [-0.1, -0.05) is 6.07 Å². The number of rotatable bonds is 14. The molecule has 0 fully saturated rings. The van der Waals surface area contributed by atoms with E-state index in [0.29, 0.717) is 28.6 Å². The van der Waals surface area contributed by atoms with E-state index in [1.54, 1.807) is 48.5 Å². The van der Waals surface area contributed by atoms with Crippen LogP contribution >= 0.6 is 0 Å². The third-order valence-corrected chi connectivity index (χ3v) is 5.81. The minimum absolute atomic E-state index is 0.0278. The summed E-state index contributed by atoms with van der Waals surface area (Å²) in [6.45, 7) is -0.136. The van der Waals surface area contributed by atoms with E-state index in [2.05, 4.69) is 0 Å². The van der Waals surface area contributed by atoms with Gasteiger partial charge in [-0.2, -0.15) is 0 Å². The summed E-state index contributed by atoms with van der Waals surface area (Å²) in [6, 6.07) is 14.6. The highest BCUT2D eigenvalue weighted by Crippen LogP contribution is 2.36. The molecule has 0 saturated carbocycles. The molecule has 3 rings (SSSR count). The van der Waals surface area contributed by atoms with Crippen LogP contribution in [0.15, 0.2) is 54.6 Å². The van der Waals surface area contributed by atoms with Crippen molar-refractivity contribution in [3.05, 3.63) is 71.3 Å². The average Bonchev–Trinajstić information content (AvgIpc) is 2.98. The number of ketones is 1. The maximum absolute atomic E-state index is 14.1. The highest BCUT2D eigenvalue weighted by atomic mass is 16.7. The summed E-state index contributed by atoms with van der Waals surface area (Å²) in [5, 5.41) is 0. The second-order valence-corrected chi connectivity index (χ2v) is 8.13. The molecule has 0 aliphatic rings. The Morgan fingerprint density at radius 2 is 1.31 bits per heavy atom. The standard InChI is InChI=1S/C29H32O10/c1-32-17-38-25-16-21(34-3)15-24(37-6)27(25)28(30)26(14-18-7-12-22(35-4)23(13-18)36-5)39-29(31)19-8-10-20(33-2)11-9-19/h7-13,15-16,26H,14,17H2,1-6H3. The predicted molar refractivity (Wildman–Crippen MR) is 142 cm³/mol. The van der Waals surface area contributed by atoms with E-state index in [1.807, 2.05) is 0 Å². The maximum Gasteiger partial charge on any atom is 0.338 e. The molecule has 1 atom stereocenters. The van der Waals surface area contributed by atoms with Crippen LogP contribution in [0.3, 0.4) is 0 Å². The van der Waals surface area contributed by atoms with Crippen molar-refractivity contribution >= 4 is 11.8 Å². The lowest BCUT2D eigenvalue weighted by Crippen LogP contribution is -2.30. The molecule has 0 aliphatic carbocycles. The second-order valence-electron chi connectivity index (χ2n) is 8.13. The summed E-state index contributed by atoms with van der Waals surface area (Å²) in [5.41, 5.74) is 0.988. The summed E-state index contributed by atoms with van der Waals surface area (Å²) in [7, 11) is 8.91. The van der Waals surface area contributed by atoms with Gasteiger partial charge in [-0.3, -0.25) is 4.79 Å². The van der Waals surface area contributed by atoms with E-state index in [0.717, 1.165) is 0 Å². The topological polar surface area (TPSA) is 108 Å². The van der Waals surface area contributed by atoms with Gasteiger partial charge in [0.25, 0.3) is 0 Å². The molecule has 0 amide bonds. The van der Waals surface area contributed by atoms with Crippen molar-refractivity contribution in [2.24, 2.45) is 0 Å². The minimum atomic E-state index is -1.26. The SMILES string of the molecule is COCOc1cc(OC)cc(OC)c1C(=O)C(Cc1ccc(OC)c(OC)c1)OC(=O)c1ccc(OC)cc1. The zero-order valence-corrected chi connectivity index (χ0v) is 22.8. The highest BCUT2D eigenvalue weighted by molar-refractivity contribution is 6.06. The quantitative estimate of drug-likeness (QED) is 0.166. The molecule has 3 aromatic carbocycles. The van der Waals surface area contributed by atoms with Crippen molar-refractivity contribution in [1.29, 1.82) is 0 Å². The van der Waals surface area contributed by atoms with E-state index < -0.39 is 17.9 Å². The van der Waals surface area contributed by atoms with Crippen molar-refractivity contribution in [3.8, 4) is 34.5 Å². The summed E-state index contributed by atoms with van der Waals surface area (Å²) >= 11 is 0. The third-order valence-electron chi connectivity index (χ3n) is 5.81. The number of Topliss-reactive ketones (excluding diaryl/α,β-unsaturated/α-hetero) is 1. The Labute approximate surface area is 227 Å². The Kier molecular flexibility index (Phi) is 10.4. The van der Waals surface area contributed by atoms with E-state index in [1.165, 1.54) is 48.7 Å². The average molecular weight is 541 g/mol. The number of hydrogen-bond donors (Lipinski definition) is 0. The van der Waals surface area contributed by atoms with Crippen LogP contribution in [0.4, 0.5) is 0 Å². The van der Waals surface area contributed by atoms with E-state index in [-0.39, 0.29) is 35.8 Å². The van der Waals surface area contributed by atoms with E-state index in [9.17, 15) is 9.59 Å². The van der Waals surface area contributed by atoms with Gasteiger partial charge in [-0.05, 0) is 42.0 Å². The first-order chi connectivity index (χ1) is 18.9. The molecule has 0 heterocycles. The molecule has 0 saturated heterocycles. The fourth-order valence-electron chi connectivity index (χ4n) is 3.82. The lowest BCUT2D eigenvalue weighted by atomic mass is 9.97. The van der Waals surface area contributed by atoms with Crippen molar-refractivity contribution < 1.29 is 47.5 Å². The Bertz CT molecular complexity index is 1270. The summed E-state index contributed by atoms with van der Waals surface area (Å²) < 4.78 is 43.2. The Balaban J connectivity index is 2.06. The second kappa shape index (κ2) is 13.9. The first-order valence-corrected chi connectivity index (χ1v) is 11.9. The van der Waals surface area contributed by atoms with Gasteiger partial charge in [-0.25, -0.2) is 4.79 Å². The number of methoxy groups -OCH3 is 6. The monoisotopic (exact) mass is 540 g/mol. The molecular weight excluding hydrogens is 508 g/mol. The number of hydrogen-bond acceptors (Lipinski definition) is 10. The normalized spacial score (nSPS) is 11.2. The fourth-order valence-corrected chi connectivity index (χ4v) is 3.82. The highest BCUT2D eigenvalue weighted by Gasteiger charge is 2.31. The van der Waals surface area contributed by atoms with Crippen LogP contribution in [0.5, 0.6) is 34.5 Å². The largest absolute Gasteiger partial charge is 0.497 e. The zero-order chi connectivity index (χ0) is 28.4. The molecule has 208 valence electrons. The van der Waals surface area contributed by atoms with Gasteiger partial charge in [0.1, 0.15) is 28.6 Å². The number of benzene rings is 3. The number of ether oxygens (including phenoxy) is 8. The molecule has 0 spiro atoms. The number of carbonyl (C=O) groups is 2. The van der Waals surface area contributed by atoms with Gasteiger partial charge < -0.3 is 37.9 Å². The molecular formula is C29H32O10. The van der Waals surface area contributed by atoms with Crippen LogP contribution in [0, 0.1) is 0 Å². The fraction of sp³-hybridized carbons (Fsp3) is 0.310. The lowest BCUT2D eigenvalue weighted by Gasteiger charge is -2.21. The van der Waals surface area contributed by atoms with E-state index in [4.69, 9.17) is 37.9 Å². The van der Waals surface area contributed by atoms with Gasteiger partial charge in [0.2, 0.25) is 5.78 Å². The first-order valence-electron chi connectivity index (χ1n) is 11.9. The van der Waals surface area contributed by atoms with Gasteiger partial charge in [-0.15, -0.1) is 0 Å². The first kappa shape index (κ1) is 29.1. The van der Waals surface area contributed by atoms with Gasteiger partial charge in [0, 0.05) is 25.7 Å². The molecule has 39 heavy (non-hydrogen) atoms. The molecule has 0 radical (unpaired) electrons. The molecule has 0 N–H and O–H groups in total. The molecule has 0 aliphatic heterocycles. The lowest BCUT2D eigenvalue weighted by molar-refractivity contribution is 0.0273. The summed E-state index contributed by atoms with van der Waals surface area (Å²) in [5.74, 6) is 1.06. The van der Waals surface area contributed by atoms with Crippen LogP contribution < -0.4 is 28.4 Å². The van der Waals surface area contributed by atoms with Crippen LogP contribution in [-0.4, -0.2) is 67.3 Å². The van der Waals surface area contributed by atoms with Crippen molar-refractivity contribution in [3.63, 3.8) is 0 Å². The van der Waals surface area contributed by atoms with Crippen molar-refractivity contribution in [1.82, 2.24) is 0 Å². The number of esters is 1. The van der Waals surface area contributed by atoms with Crippen LogP contribution in [-0.2, 0) is 15.9 Å². The van der Waals surface area contributed by atoms with Gasteiger partial charge >= 0.3 is 5.97 Å². The van der Waals surface area contributed by atoms with E-state index >= 15 is 0 Å². The Hall–Kier alpha value is -4.44. The zero-order valence-electron chi connectivity index (χ0n) is 22.8. The molecule has 3 aromatic rings. The summed E-state index contributed by atoms with van der Waals surface area (Å²) in [4.78, 5) is 27.2. The molecule has 0 bridgehead atoms. The van der Waals surface area contributed by atoms with Gasteiger partial charge in [0.05, 0.1) is 41.1 Å². The van der Waals surface area contributed by atoms with Crippen molar-refractivity contribution in [2.75, 3.05) is 49.5 Å². The van der Waals surface area contributed by atoms with Crippen molar-refractivity contribution in [2.45, 2.75) is 12.5 Å². The summed E-state index contributed by atoms with van der Waals surface area (Å²) in [6.07, 6.45) is -1.23. The predicted octanol–water partition coefficient (Wildman–Crippen LogP) is 4.36. The smallest absolute Gasteiger partial charge is 0.338 e. The van der Waals surface area contributed by atoms with Gasteiger partial charge in [0.15, 0.2) is 24.4 Å². The number of carbonyl (C=O) groups excluding carboxylic acids is 2. The molecule has 0 aromatic heterocycles. The molecule has 10 nitrogen and oxygen atoms in total.